The maximum atomic E-state index is 14.0. The number of anilines is 1. The lowest BCUT2D eigenvalue weighted by Crippen LogP contribution is -2.52. The number of amides is 2. The van der Waals surface area contributed by atoms with Gasteiger partial charge in [0.15, 0.2) is 0 Å². The summed E-state index contributed by atoms with van der Waals surface area (Å²) >= 11 is 0. The van der Waals surface area contributed by atoms with E-state index in [1.54, 1.807) is 37.3 Å². The quantitative estimate of drug-likeness (QED) is 0.336. The van der Waals surface area contributed by atoms with Crippen molar-refractivity contribution in [3.8, 4) is 0 Å². The molecule has 0 radical (unpaired) electrons. The molecule has 1 saturated carbocycles. The molecule has 1 fully saturated rings. The van der Waals surface area contributed by atoms with Crippen LogP contribution in [0.2, 0.25) is 0 Å². The van der Waals surface area contributed by atoms with Crippen LogP contribution < -0.4 is 9.62 Å². The molecule has 1 atom stereocenters. The Balaban J connectivity index is 1.67. The van der Waals surface area contributed by atoms with Crippen molar-refractivity contribution in [2.45, 2.75) is 75.9 Å². The Hall–Kier alpha value is -3.65. The summed E-state index contributed by atoms with van der Waals surface area (Å²) in [6, 6.07) is 24.1. The van der Waals surface area contributed by atoms with Gasteiger partial charge < -0.3 is 10.2 Å². The Bertz CT molecular complexity index is 1370. The minimum absolute atomic E-state index is 0.0948. The summed E-state index contributed by atoms with van der Waals surface area (Å²) in [5.74, 6) is -0.407. The largest absolute Gasteiger partial charge is 0.352 e. The minimum Gasteiger partial charge on any atom is -0.352 e. The Labute approximate surface area is 238 Å². The van der Waals surface area contributed by atoms with Crippen molar-refractivity contribution >= 4 is 27.5 Å². The van der Waals surface area contributed by atoms with Crippen LogP contribution in [-0.2, 0) is 26.2 Å². The van der Waals surface area contributed by atoms with Crippen molar-refractivity contribution in [3.63, 3.8) is 0 Å². The summed E-state index contributed by atoms with van der Waals surface area (Å²) in [4.78, 5) is 28.9. The number of sulfonamides is 1. The third-order valence-electron chi connectivity index (χ3n) is 7.52. The van der Waals surface area contributed by atoms with Gasteiger partial charge >= 0.3 is 0 Å². The smallest absolute Gasteiger partial charge is 0.264 e. The van der Waals surface area contributed by atoms with E-state index in [-0.39, 0.29) is 29.3 Å². The van der Waals surface area contributed by atoms with Crippen LogP contribution in [0.3, 0.4) is 0 Å². The van der Waals surface area contributed by atoms with E-state index in [1.165, 1.54) is 17.0 Å². The van der Waals surface area contributed by atoms with Gasteiger partial charge in [-0.15, -0.1) is 0 Å². The van der Waals surface area contributed by atoms with E-state index in [9.17, 15) is 18.0 Å². The predicted molar refractivity (Wildman–Crippen MR) is 158 cm³/mol. The second-order valence-electron chi connectivity index (χ2n) is 10.7. The van der Waals surface area contributed by atoms with E-state index >= 15 is 0 Å². The Morgan fingerprint density at radius 3 is 2.00 bits per heavy atom. The predicted octanol–water partition coefficient (Wildman–Crippen LogP) is 5.48. The molecule has 0 aliphatic heterocycles. The van der Waals surface area contributed by atoms with Crippen LogP contribution in [-0.4, -0.2) is 43.8 Å². The highest BCUT2D eigenvalue weighted by atomic mass is 32.2. The molecule has 0 saturated heterocycles. The van der Waals surface area contributed by atoms with E-state index in [2.05, 4.69) is 19.2 Å². The highest BCUT2D eigenvalue weighted by Gasteiger charge is 2.33. The molecule has 3 aromatic carbocycles. The Morgan fingerprint density at radius 2 is 1.43 bits per heavy atom. The topological polar surface area (TPSA) is 86.8 Å². The molecule has 212 valence electrons. The normalized spacial score (nSPS) is 14.6. The monoisotopic (exact) mass is 561 g/mol. The SMILES string of the molecule is CC(C)c1ccc(N(CC(=O)N(Cc2ccccc2)[C@H](C)C(=O)NC2CCCC2)S(=O)(=O)c2ccccc2)cc1. The molecule has 1 N–H and O–H groups in total. The second-order valence-corrected chi connectivity index (χ2v) is 12.6. The van der Waals surface area contributed by atoms with Crippen LogP contribution in [0.4, 0.5) is 5.69 Å². The number of rotatable bonds is 11. The van der Waals surface area contributed by atoms with Gasteiger partial charge in [0, 0.05) is 12.6 Å². The molecular weight excluding hydrogens is 522 g/mol. The highest BCUT2D eigenvalue weighted by Crippen LogP contribution is 2.27. The summed E-state index contributed by atoms with van der Waals surface area (Å²) in [5.41, 5.74) is 2.31. The fourth-order valence-electron chi connectivity index (χ4n) is 5.03. The third-order valence-corrected chi connectivity index (χ3v) is 9.31. The van der Waals surface area contributed by atoms with E-state index in [0.717, 1.165) is 41.1 Å². The molecule has 0 aromatic heterocycles. The first-order valence-electron chi connectivity index (χ1n) is 14.0. The lowest BCUT2D eigenvalue weighted by atomic mass is 10.0. The van der Waals surface area contributed by atoms with Crippen LogP contribution in [0.5, 0.6) is 0 Å². The maximum absolute atomic E-state index is 14.0. The van der Waals surface area contributed by atoms with Gasteiger partial charge in [-0.1, -0.05) is 87.4 Å². The lowest BCUT2D eigenvalue weighted by Gasteiger charge is -2.32. The zero-order chi connectivity index (χ0) is 28.7. The van der Waals surface area contributed by atoms with Gasteiger partial charge in [-0.3, -0.25) is 13.9 Å². The van der Waals surface area contributed by atoms with Gasteiger partial charge in [-0.25, -0.2) is 8.42 Å². The molecule has 4 rings (SSSR count). The standard InChI is InChI=1S/C32H39N3O4S/c1-24(2)27-18-20-29(21-19-27)35(40(38,39)30-16-8-5-9-17-30)23-31(36)34(22-26-12-6-4-7-13-26)25(3)32(37)33-28-14-10-11-15-28/h4-9,12-13,16-21,24-25,28H,10-11,14-15,22-23H2,1-3H3,(H,33,37)/t25-/m1/s1. The van der Waals surface area contributed by atoms with E-state index in [0.29, 0.717) is 5.69 Å². The first kappa shape index (κ1) is 29.3. The Morgan fingerprint density at radius 1 is 0.850 bits per heavy atom. The van der Waals surface area contributed by atoms with Crippen LogP contribution in [0, 0.1) is 0 Å². The fourth-order valence-corrected chi connectivity index (χ4v) is 6.46. The molecule has 40 heavy (non-hydrogen) atoms. The third kappa shape index (κ3) is 7.10. The van der Waals surface area contributed by atoms with Crippen molar-refractivity contribution in [2.24, 2.45) is 0 Å². The van der Waals surface area contributed by atoms with Crippen LogP contribution in [0.15, 0.2) is 89.8 Å². The van der Waals surface area contributed by atoms with Crippen molar-refractivity contribution in [1.82, 2.24) is 10.2 Å². The molecular formula is C32H39N3O4S. The van der Waals surface area contributed by atoms with Crippen molar-refractivity contribution < 1.29 is 18.0 Å². The van der Waals surface area contributed by atoms with Crippen molar-refractivity contribution in [3.05, 3.63) is 96.1 Å². The number of hydrogen-bond donors (Lipinski definition) is 1. The number of hydrogen-bond acceptors (Lipinski definition) is 4. The molecule has 3 aromatic rings. The number of benzene rings is 3. The summed E-state index contributed by atoms with van der Waals surface area (Å²) in [5, 5.41) is 3.09. The fraction of sp³-hybridized carbons (Fsp3) is 0.375. The average Bonchev–Trinajstić information content (AvgIpc) is 3.48. The van der Waals surface area contributed by atoms with E-state index in [1.807, 2.05) is 42.5 Å². The number of nitrogens with one attached hydrogen (secondary N) is 1. The summed E-state index contributed by atoms with van der Waals surface area (Å²) in [6.45, 7) is 5.59. The van der Waals surface area contributed by atoms with Crippen LogP contribution >= 0.6 is 0 Å². The molecule has 2 amide bonds. The molecule has 1 aliphatic rings. The van der Waals surface area contributed by atoms with E-state index in [4.69, 9.17) is 0 Å². The van der Waals surface area contributed by atoms with Gasteiger partial charge in [-0.2, -0.15) is 0 Å². The number of nitrogens with zero attached hydrogens (tertiary/aromatic N) is 2. The first-order valence-corrected chi connectivity index (χ1v) is 15.4. The van der Waals surface area contributed by atoms with Crippen molar-refractivity contribution in [2.75, 3.05) is 10.8 Å². The van der Waals surface area contributed by atoms with Gasteiger partial charge in [0.25, 0.3) is 10.0 Å². The van der Waals surface area contributed by atoms with Gasteiger partial charge in [0.05, 0.1) is 10.6 Å². The zero-order valence-electron chi connectivity index (χ0n) is 23.5. The van der Waals surface area contributed by atoms with Gasteiger partial charge in [0.2, 0.25) is 11.8 Å². The summed E-state index contributed by atoms with van der Waals surface area (Å²) in [6.07, 6.45) is 4.02. The maximum Gasteiger partial charge on any atom is 0.264 e. The molecule has 7 nitrogen and oxygen atoms in total. The number of carbonyl (C=O) groups is 2. The summed E-state index contributed by atoms with van der Waals surface area (Å²) < 4.78 is 28.9. The average molecular weight is 562 g/mol. The highest BCUT2D eigenvalue weighted by molar-refractivity contribution is 7.92. The lowest BCUT2D eigenvalue weighted by molar-refractivity contribution is -0.139. The summed E-state index contributed by atoms with van der Waals surface area (Å²) in [7, 11) is -4.07. The second kappa shape index (κ2) is 13.1. The molecule has 0 heterocycles. The Kier molecular flexibility index (Phi) is 9.63. The number of carbonyl (C=O) groups excluding carboxylic acids is 2. The van der Waals surface area contributed by atoms with Crippen LogP contribution in [0.1, 0.15) is 63.5 Å². The molecule has 1 aliphatic carbocycles. The molecule has 0 bridgehead atoms. The van der Waals surface area contributed by atoms with Crippen molar-refractivity contribution in [1.29, 1.82) is 0 Å². The zero-order valence-corrected chi connectivity index (χ0v) is 24.3. The van der Waals surface area contributed by atoms with Crippen LogP contribution in [0.25, 0.3) is 0 Å². The first-order chi connectivity index (χ1) is 19.2. The minimum atomic E-state index is -4.07. The van der Waals surface area contributed by atoms with Gasteiger partial charge in [-0.05, 0) is 61.1 Å². The molecule has 0 unspecified atom stereocenters. The molecule has 8 heteroatoms. The van der Waals surface area contributed by atoms with E-state index < -0.39 is 28.5 Å². The van der Waals surface area contributed by atoms with Gasteiger partial charge in [0.1, 0.15) is 12.6 Å². The molecule has 0 spiro atoms.